The van der Waals surface area contributed by atoms with Crippen molar-refractivity contribution in [2.75, 3.05) is 14.1 Å². The minimum Gasteiger partial charge on any atom is -0.302 e. The van der Waals surface area contributed by atoms with Crippen LogP contribution in [0.5, 0.6) is 0 Å². The van der Waals surface area contributed by atoms with Crippen molar-refractivity contribution in [3.63, 3.8) is 0 Å². The molecule has 0 bridgehead atoms. The van der Waals surface area contributed by atoms with E-state index in [2.05, 4.69) is 73.6 Å². The largest absolute Gasteiger partial charge is 0.302 e. The molecule has 0 saturated heterocycles. The lowest BCUT2D eigenvalue weighted by Gasteiger charge is -2.20. The summed E-state index contributed by atoms with van der Waals surface area (Å²) in [7, 11) is 4.35. The Morgan fingerprint density at radius 3 is 2.11 bits per heavy atom. The van der Waals surface area contributed by atoms with Crippen LogP contribution >= 0.6 is 0 Å². The van der Waals surface area contributed by atoms with Crippen LogP contribution in [0.25, 0.3) is 0 Å². The second kappa shape index (κ2) is 4.58. The molecular formula is C17H19N. The highest BCUT2D eigenvalue weighted by Gasteiger charge is 2.32. The maximum Gasteiger partial charge on any atom is 0.0354 e. The van der Waals surface area contributed by atoms with Crippen LogP contribution in [-0.4, -0.2) is 19.0 Å². The van der Waals surface area contributed by atoms with Crippen molar-refractivity contribution in [2.45, 2.75) is 18.4 Å². The Morgan fingerprint density at radius 1 is 0.833 bits per heavy atom. The maximum atomic E-state index is 2.34. The molecule has 0 aliphatic heterocycles. The molecule has 3 rings (SSSR count). The standard InChI is InChI=1S/C17H19N/c1-18(2)17-12-16(13-8-4-3-5-9-13)14-10-6-7-11-15(14)17/h3-11,16-17H,12H2,1-2H3/t16-,17-/m0/s1. The van der Waals surface area contributed by atoms with Gasteiger partial charge in [0.2, 0.25) is 0 Å². The Balaban J connectivity index is 2.05. The molecular weight excluding hydrogens is 218 g/mol. The van der Waals surface area contributed by atoms with Crippen LogP contribution in [0.1, 0.15) is 35.1 Å². The molecule has 1 heteroatoms. The van der Waals surface area contributed by atoms with Crippen molar-refractivity contribution in [3.8, 4) is 0 Å². The molecule has 1 aliphatic carbocycles. The van der Waals surface area contributed by atoms with Gasteiger partial charge in [0.25, 0.3) is 0 Å². The fourth-order valence-electron chi connectivity index (χ4n) is 3.10. The Hall–Kier alpha value is -1.60. The molecule has 2 aromatic carbocycles. The van der Waals surface area contributed by atoms with E-state index in [1.165, 1.54) is 23.1 Å². The van der Waals surface area contributed by atoms with Crippen molar-refractivity contribution < 1.29 is 0 Å². The summed E-state index contributed by atoms with van der Waals surface area (Å²) in [4.78, 5) is 2.34. The molecule has 0 heterocycles. The highest BCUT2D eigenvalue weighted by molar-refractivity contribution is 5.44. The Bertz CT molecular complexity index is 530. The van der Waals surface area contributed by atoms with Crippen LogP contribution < -0.4 is 0 Å². The zero-order valence-electron chi connectivity index (χ0n) is 11.0. The van der Waals surface area contributed by atoms with Gasteiger partial charge in [0.1, 0.15) is 0 Å². The van der Waals surface area contributed by atoms with E-state index < -0.39 is 0 Å². The number of nitrogens with zero attached hydrogens (tertiary/aromatic N) is 1. The van der Waals surface area contributed by atoms with Gasteiger partial charge in [-0.3, -0.25) is 0 Å². The maximum absolute atomic E-state index is 2.34. The van der Waals surface area contributed by atoms with Crippen molar-refractivity contribution in [1.82, 2.24) is 4.90 Å². The third-order valence-corrected chi connectivity index (χ3v) is 4.01. The lowest BCUT2D eigenvalue weighted by atomic mass is 9.93. The van der Waals surface area contributed by atoms with Crippen LogP contribution in [0, 0.1) is 0 Å². The van der Waals surface area contributed by atoms with Gasteiger partial charge in [-0.1, -0.05) is 54.6 Å². The average Bonchev–Trinajstić information content (AvgIpc) is 2.79. The van der Waals surface area contributed by atoms with Gasteiger partial charge in [0, 0.05) is 12.0 Å². The monoisotopic (exact) mass is 237 g/mol. The zero-order chi connectivity index (χ0) is 12.5. The average molecular weight is 237 g/mol. The predicted octanol–water partition coefficient (Wildman–Crippen LogP) is 3.82. The first-order valence-corrected chi connectivity index (χ1v) is 6.57. The molecule has 0 amide bonds. The molecule has 0 saturated carbocycles. The summed E-state index contributed by atoms with van der Waals surface area (Å²) in [6.45, 7) is 0. The smallest absolute Gasteiger partial charge is 0.0354 e. The summed E-state index contributed by atoms with van der Waals surface area (Å²) in [6, 6.07) is 20.3. The van der Waals surface area contributed by atoms with E-state index in [9.17, 15) is 0 Å². The van der Waals surface area contributed by atoms with Crippen molar-refractivity contribution >= 4 is 0 Å². The molecule has 2 atom stereocenters. The minimum absolute atomic E-state index is 0.548. The lowest BCUT2D eigenvalue weighted by Crippen LogP contribution is -2.17. The topological polar surface area (TPSA) is 3.24 Å². The zero-order valence-corrected chi connectivity index (χ0v) is 11.0. The molecule has 2 aromatic rings. The van der Waals surface area contributed by atoms with Gasteiger partial charge in [-0.25, -0.2) is 0 Å². The second-order valence-electron chi connectivity index (χ2n) is 5.31. The van der Waals surface area contributed by atoms with Gasteiger partial charge in [0.15, 0.2) is 0 Å². The number of rotatable bonds is 2. The summed E-state index contributed by atoms with van der Waals surface area (Å²) < 4.78 is 0. The first-order chi connectivity index (χ1) is 8.77. The van der Waals surface area contributed by atoms with E-state index in [1.54, 1.807) is 0 Å². The van der Waals surface area contributed by atoms with Gasteiger partial charge < -0.3 is 4.90 Å². The fourth-order valence-corrected chi connectivity index (χ4v) is 3.10. The SMILES string of the molecule is CN(C)[C@H]1C[C@@H](c2ccccc2)c2ccccc21. The lowest BCUT2D eigenvalue weighted by molar-refractivity contribution is 0.293. The molecule has 0 unspecified atom stereocenters. The van der Waals surface area contributed by atoms with E-state index in [0.29, 0.717) is 12.0 Å². The summed E-state index contributed by atoms with van der Waals surface area (Å²) in [6.07, 6.45) is 1.19. The summed E-state index contributed by atoms with van der Waals surface area (Å²) in [5.41, 5.74) is 4.44. The highest BCUT2D eigenvalue weighted by Crippen LogP contribution is 2.45. The predicted molar refractivity (Wildman–Crippen MR) is 75.8 cm³/mol. The third kappa shape index (κ3) is 1.85. The first-order valence-electron chi connectivity index (χ1n) is 6.57. The summed E-state index contributed by atoms with van der Waals surface area (Å²) >= 11 is 0. The molecule has 0 fully saturated rings. The van der Waals surface area contributed by atoms with Crippen LogP contribution in [0.2, 0.25) is 0 Å². The second-order valence-corrected chi connectivity index (χ2v) is 5.31. The molecule has 1 nitrogen and oxygen atoms in total. The van der Waals surface area contributed by atoms with Gasteiger partial charge in [-0.05, 0) is 37.2 Å². The van der Waals surface area contributed by atoms with Crippen LogP contribution in [0.3, 0.4) is 0 Å². The summed E-state index contributed by atoms with van der Waals surface area (Å²) in [5, 5.41) is 0. The van der Waals surface area contributed by atoms with Gasteiger partial charge >= 0.3 is 0 Å². The molecule has 18 heavy (non-hydrogen) atoms. The van der Waals surface area contributed by atoms with Crippen molar-refractivity contribution in [2.24, 2.45) is 0 Å². The fraction of sp³-hybridized carbons (Fsp3) is 0.294. The number of benzene rings is 2. The molecule has 0 N–H and O–H groups in total. The van der Waals surface area contributed by atoms with Gasteiger partial charge in [-0.15, -0.1) is 0 Å². The Labute approximate surface area is 109 Å². The highest BCUT2D eigenvalue weighted by atomic mass is 15.1. The van der Waals surface area contributed by atoms with E-state index in [1.807, 2.05) is 0 Å². The quantitative estimate of drug-likeness (QED) is 0.767. The normalized spacial score (nSPS) is 22.2. The molecule has 0 spiro atoms. The van der Waals surface area contributed by atoms with E-state index in [4.69, 9.17) is 0 Å². The van der Waals surface area contributed by atoms with E-state index in [0.717, 1.165) is 0 Å². The van der Waals surface area contributed by atoms with E-state index in [-0.39, 0.29) is 0 Å². The van der Waals surface area contributed by atoms with Gasteiger partial charge in [0.05, 0.1) is 0 Å². The van der Waals surface area contributed by atoms with Crippen molar-refractivity contribution in [3.05, 3.63) is 71.3 Å². The first kappa shape index (κ1) is 11.5. The third-order valence-electron chi connectivity index (χ3n) is 4.01. The van der Waals surface area contributed by atoms with Crippen LogP contribution in [0.15, 0.2) is 54.6 Å². The molecule has 0 radical (unpaired) electrons. The van der Waals surface area contributed by atoms with E-state index >= 15 is 0 Å². The number of fused-ring (bicyclic) bond motifs is 1. The molecule has 1 aliphatic rings. The molecule has 0 aromatic heterocycles. The van der Waals surface area contributed by atoms with Crippen molar-refractivity contribution in [1.29, 1.82) is 0 Å². The number of hydrogen-bond acceptors (Lipinski definition) is 1. The Kier molecular flexibility index (Phi) is 2.92. The minimum atomic E-state index is 0.548. The van der Waals surface area contributed by atoms with Crippen LogP contribution in [0.4, 0.5) is 0 Å². The molecule has 92 valence electrons. The Morgan fingerprint density at radius 2 is 1.44 bits per heavy atom. The number of hydrogen-bond donors (Lipinski definition) is 0. The van der Waals surface area contributed by atoms with Crippen LogP contribution in [-0.2, 0) is 0 Å². The van der Waals surface area contributed by atoms with Gasteiger partial charge in [-0.2, -0.15) is 0 Å². The summed E-state index contributed by atoms with van der Waals surface area (Å²) in [5.74, 6) is 0.551.